The van der Waals surface area contributed by atoms with Crippen molar-refractivity contribution in [2.75, 3.05) is 26.9 Å². The van der Waals surface area contributed by atoms with Crippen molar-refractivity contribution < 1.29 is 28.8 Å². The maximum atomic E-state index is 10.8. The van der Waals surface area contributed by atoms with Crippen molar-refractivity contribution in [2.45, 2.75) is 103 Å². The minimum Gasteiger partial charge on any atom is -0.387 e. The largest absolute Gasteiger partial charge is 0.387 e. The van der Waals surface area contributed by atoms with Gasteiger partial charge in [-0.05, 0) is 26.7 Å². The maximum Gasteiger partial charge on any atom is 0.186 e. The van der Waals surface area contributed by atoms with Crippen LogP contribution in [0.4, 0.5) is 0 Å². The molecule has 0 saturated carbocycles. The number of methoxy groups -OCH3 is 1. The van der Waals surface area contributed by atoms with E-state index in [0.717, 1.165) is 19.3 Å². The Labute approximate surface area is 159 Å². The SMILES string of the molecule is CCCCCCCO[C@H]1C(OC)O[C@H](COC(C)C)[C@@H](O)[C@@H]1OCCC. The predicted molar refractivity (Wildman–Crippen MR) is 101 cm³/mol. The average Bonchev–Trinajstić information content (AvgIpc) is 2.62. The molecular formula is C20H40O6. The van der Waals surface area contributed by atoms with Crippen LogP contribution in [0.2, 0.25) is 0 Å². The number of hydrogen-bond donors (Lipinski definition) is 1. The fourth-order valence-corrected chi connectivity index (χ4v) is 3.05. The lowest BCUT2D eigenvalue weighted by molar-refractivity contribution is -0.313. The zero-order chi connectivity index (χ0) is 19.4. The summed E-state index contributed by atoms with van der Waals surface area (Å²) in [7, 11) is 1.59. The Kier molecular flexibility index (Phi) is 12.7. The molecule has 156 valence electrons. The molecule has 0 amide bonds. The van der Waals surface area contributed by atoms with E-state index < -0.39 is 30.7 Å². The van der Waals surface area contributed by atoms with E-state index >= 15 is 0 Å². The molecule has 1 rings (SSSR count). The van der Waals surface area contributed by atoms with Gasteiger partial charge in [0.05, 0.1) is 12.7 Å². The summed E-state index contributed by atoms with van der Waals surface area (Å²) in [5.41, 5.74) is 0. The summed E-state index contributed by atoms with van der Waals surface area (Å²) >= 11 is 0. The van der Waals surface area contributed by atoms with Crippen molar-refractivity contribution in [3.05, 3.63) is 0 Å². The second-order valence-electron chi connectivity index (χ2n) is 7.24. The Bertz CT molecular complexity index is 338. The number of ether oxygens (including phenoxy) is 5. The van der Waals surface area contributed by atoms with Crippen LogP contribution in [0.25, 0.3) is 0 Å². The van der Waals surface area contributed by atoms with Gasteiger partial charge in [0.1, 0.15) is 24.4 Å². The monoisotopic (exact) mass is 376 g/mol. The molecule has 1 aliphatic heterocycles. The summed E-state index contributed by atoms with van der Waals surface area (Å²) in [6.45, 7) is 9.64. The molecule has 1 heterocycles. The van der Waals surface area contributed by atoms with Crippen LogP contribution in [-0.2, 0) is 23.7 Å². The molecule has 0 aliphatic carbocycles. The van der Waals surface area contributed by atoms with Gasteiger partial charge in [-0.15, -0.1) is 0 Å². The van der Waals surface area contributed by atoms with E-state index in [2.05, 4.69) is 6.92 Å². The van der Waals surface area contributed by atoms with E-state index in [1.54, 1.807) is 7.11 Å². The molecule has 5 atom stereocenters. The highest BCUT2D eigenvalue weighted by atomic mass is 16.7. The molecule has 0 radical (unpaired) electrons. The van der Waals surface area contributed by atoms with Gasteiger partial charge in [0, 0.05) is 20.3 Å². The second kappa shape index (κ2) is 13.9. The molecule has 6 nitrogen and oxygen atoms in total. The van der Waals surface area contributed by atoms with Gasteiger partial charge in [0.25, 0.3) is 0 Å². The molecular weight excluding hydrogens is 336 g/mol. The summed E-state index contributed by atoms with van der Waals surface area (Å²) in [6.07, 6.45) is 3.99. The lowest BCUT2D eigenvalue weighted by atomic mass is 9.98. The van der Waals surface area contributed by atoms with E-state index in [0.29, 0.717) is 19.8 Å². The molecule has 0 spiro atoms. The van der Waals surface area contributed by atoms with E-state index in [1.807, 2.05) is 20.8 Å². The molecule has 0 aromatic carbocycles. The summed E-state index contributed by atoms with van der Waals surface area (Å²) in [5.74, 6) is 0. The highest BCUT2D eigenvalue weighted by Gasteiger charge is 2.47. The van der Waals surface area contributed by atoms with E-state index in [9.17, 15) is 5.11 Å². The zero-order valence-corrected chi connectivity index (χ0v) is 17.3. The van der Waals surface area contributed by atoms with Crippen molar-refractivity contribution in [1.82, 2.24) is 0 Å². The third-order valence-corrected chi connectivity index (χ3v) is 4.52. The number of hydrogen-bond acceptors (Lipinski definition) is 6. The van der Waals surface area contributed by atoms with Crippen molar-refractivity contribution in [3.63, 3.8) is 0 Å². The summed E-state index contributed by atoms with van der Waals surface area (Å²) in [6, 6.07) is 0. The van der Waals surface area contributed by atoms with Crippen LogP contribution < -0.4 is 0 Å². The van der Waals surface area contributed by atoms with Crippen molar-refractivity contribution in [3.8, 4) is 0 Å². The minimum absolute atomic E-state index is 0.0684. The van der Waals surface area contributed by atoms with Gasteiger partial charge in [-0.2, -0.15) is 0 Å². The van der Waals surface area contributed by atoms with Crippen molar-refractivity contribution in [1.29, 1.82) is 0 Å². The summed E-state index contributed by atoms with van der Waals surface area (Å²) < 4.78 is 29.0. The van der Waals surface area contributed by atoms with Crippen LogP contribution in [0.5, 0.6) is 0 Å². The number of aliphatic hydroxyl groups excluding tert-OH is 1. The minimum atomic E-state index is -0.809. The summed E-state index contributed by atoms with van der Waals surface area (Å²) in [5, 5.41) is 10.8. The Morgan fingerprint density at radius 3 is 2.23 bits per heavy atom. The Balaban J connectivity index is 2.64. The highest BCUT2D eigenvalue weighted by molar-refractivity contribution is 4.91. The Morgan fingerprint density at radius 2 is 1.62 bits per heavy atom. The Hall–Kier alpha value is -0.240. The molecule has 1 saturated heterocycles. The van der Waals surface area contributed by atoms with Gasteiger partial charge in [-0.1, -0.05) is 39.5 Å². The van der Waals surface area contributed by atoms with Crippen molar-refractivity contribution in [2.24, 2.45) is 0 Å². The first-order valence-electron chi connectivity index (χ1n) is 10.3. The van der Waals surface area contributed by atoms with E-state index in [4.69, 9.17) is 23.7 Å². The van der Waals surface area contributed by atoms with Gasteiger partial charge < -0.3 is 28.8 Å². The molecule has 0 aromatic heterocycles. The first kappa shape index (κ1) is 23.8. The lowest BCUT2D eigenvalue weighted by Crippen LogP contribution is -2.61. The van der Waals surface area contributed by atoms with Gasteiger partial charge >= 0.3 is 0 Å². The topological polar surface area (TPSA) is 66.4 Å². The Morgan fingerprint density at radius 1 is 0.923 bits per heavy atom. The smallest absolute Gasteiger partial charge is 0.186 e. The molecule has 1 unspecified atom stereocenters. The first-order chi connectivity index (χ1) is 12.5. The lowest BCUT2D eigenvalue weighted by Gasteiger charge is -2.43. The molecule has 1 N–H and O–H groups in total. The van der Waals surface area contributed by atoms with E-state index in [1.165, 1.54) is 19.3 Å². The molecule has 0 aromatic rings. The van der Waals surface area contributed by atoms with Crippen LogP contribution >= 0.6 is 0 Å². The average molecular weight is 377 g/mol. The highest BCUT2D eigenvalue weighted by Crippen LogP contribution is 2.27. The molecule has 0 bridgehead atoms. The van der Waals surface area contributed by atoms with Gasteiger partial charge in [0.2, 0.25) is 0 Å². The third-order valence-electron chi connectivity index (χ3n) is 4.52. The molecule has 1 fully saturated rings. The first-order valence-corrected chi connectivity index (χ1v) is 10.3. The van der Waals surface area contributed by atoms with Gasteiger partial charge in [0.15, 0.2) is 6.29 Å². The number of unbranched alkanes of at least 4 members (excludes halogenated alkanes) is 4. The quantitative estimate of drug-likeness (QED) is 0.469. The third kappa shape index (κ3) is 8.19. The van der Waals surface area contributed by atoms with Crippen LogP contribution in [-0.4, -0.2) is 68.8 Å². The maximum absolute atomic E-state index is 10.8. The fourth-order valence-electron chi connectivity index (χ4n) is 3.05. The van der Waals surface area contributed by atoms with Crippen LogP contribution in [0, 0.1) is 0 Å². The predicted octanol–water partition coefficient (Wildman–Crippen LogP) is 3.29. The van der Waals surface area contributed by atoms with Crippen LogP contribution in [0.15, 0.2) is 0 Å². The standard InChI is InChI=1S/C20H40O6/c1-6-8-9-10-11-13-24-19-18(23-12-7-2)17(21)16(14-25-15(3)4)26-20(19)22-5/h15-21H,6-14H2,1-5H3/t16-,17-,18+,19-,20?/m1/s1. The summed E-state index contributed by atoms with van der Waals surface area (Å²) in [4.78, 5) is 0. The van der Waals surface area contributed by atoms with Gasteiger partial charge in [-0.25, -0.2) is 0 Å². The van der Waals surface area contributed by atoms with E-state index in [-0.39, 0.29) is 6.10 Å². The fraction of sp³-hybridized carbons (Fsp3) is 1.00. The second-order valence-corrected chi connectivity index (χ2v) is 7.24. The van der Waals surface area contributed by atoms with Crippen LogP contribution in [0.1, 0.15) is 66.2 Å². The molecule has 1 aliphatic rings. The number of aliphatic hydroxyl groups is 1. The number of rotatable bonds is 14. The van der Waals surface area contributed by atoms with Gasteiger partial charge in [-0.3, -0.25) is 0 Å². The normalized spacial score (nSPS) is 29.4. The van der Waals surface area contributed by atoms with Crippen molar-refractivity contribution >= 4 is 0 Å². The zero-order valence-electron chi connectivity index (χ0n) is 17.3. The molecule has 6 heteroatoms. The molecule has 26 heavy (non-hydrogen) atoms. The van der Waals surface area contributed by atoms with Crippen LogP contribution in [0.3, 0.4) is 0 Å².